The Kier molecular flexibility index (Phi) is 7.90. The van der Waals surface area contributed by atoms with Gasteiger partial charge in [-0.1, -0.05) is 18.2 Å². The molecule has 5 nitrogen and oxygen atoms in total. The van der Waals surface area contributed by atoms with Crippen LogP contribution in [0.1, 0.15) is 11.1 Å². The molecule has 0 saturated carbocycles. The number of piperazine rings is 1. The summed E-state index contributed by atoms with van der Waals surface area (Å²) in [6.45, 7) is 3.67. The number of alkyl halides is 3. The van der Waals surface area contributed by atoms with Crippen LogP contribution in [0.3, 0.4) is 0 Å². The molecule has 1 saturated heterocycles. The summed E-state index contributed by atoms with van der Waals surface area (Å²) in [5, 5.41) is 3.23. The fourth-order valence-electron chi connectivity index (χ4n) is 3.01. The van der Waals surface area contributed by atoms with E-state index in [0.29, 0.717) is 6.54 Å². The Morgan fingerprint density at radius 2 is 1.75 bits per heavy atom. The van der Waals surface area contributed by atoms with Gasteiger partial charge in [0, 0.05) is 46.0 Å². The molecule has 0 bridgehead atoms. The second kappa shape index (κ2) is 9.94. The number of aliphatic imine (C=N–C) groups is 1. The second-order valence-electron chi connectivity index (χ2n) is 6.26. The minimum absolute atomic E-state index is 0. The number of halogens is 4. The van der Waals surface area contributed by atoms with Crippen molar-refractivity contribution in [3.05, 3.63) is 59.8 Å². The van der Waals surface area contributed by atoms with Crippen LogP contribution in [0.5, 0.6) is 0 Å². The van der Waals surface area contributed by atoms with E-state index in [1.54, 1.807) is 13.2 Å². The van der Waals surface area contributed by atoms with Crippen LogP contribution in [0.4, 0.5) is 19.0 Å². The average molecular weight is 505 g/mol. The Labute approximate surface area is 179 Å². The number of hydrogen-bond acceptors (Lipinski definition) is 3. The zero-order chi connectivity index (χ0) is 19.3. The lowest BCUT2D eigenvalue weighted by Gasteiger charge is -2.37. The summed E-state index contributed by atoms with van der Waals surface area (Å²) >= 11 is 0. The van der Waals surface area contributed by atoms with E-state index in [4.69, 9.17) is 0 Å². The highest BCUT2D eigenvalue weighted by molar-refractivity contribution is 14.0. The number of guanidine groups is 1. The van der Waals surface area contributed by atoms with Gasteiger partial charge < -0.3 is 15.1 Å². The van der Waals surface area contributed by atoms with Crippen molar-refractivity contribution in [2.45, 2.75) is 12.7 Å². The third-order valence-corrected chi connectivity index (χ3v) is 4.50. The van der Waals surface area contributed by atoms with Crippen LogP contribution < -0.4 is 10.2 Å². The summed E-state index contributed by atoms with van der Waals surface area (Å²) in [6.07, 6.45) is -2.53. The average Bonchev–Trinajstić information content (AvgIpc) is 2.69. The monoisotopic (exact) mass is 505 g/mol. The number of benzene rings is 1. The van der Waals surface area contributed by atoms with Gasteiger partial charge in [0.1, 0.15) is 5.82 Å². The molecule has 0 radical (unpaired) electrons. The summed E-state index contributed by atoms with van der Waals surface area (Å²) in [4.78, 5) is 13.0. The van der Waals surface area contributed by atoms with E-state index in [0.717, 1.165) is 55.7 Å². The first-order valence-electron chi connectivity index (χ1n) is 8.75. The number of rotatable bonds is 3. The van der Waals surface area contributed by atoms with Gasteiger partial charge in [-0.25, -0.2) is 4.98 Å². The van der Waals surface area contributed by atoms with Crippen molar-refractivity contribution in [2.24, 2.45) is 4.99 Å². The smallest absolute Gasteiger partial charge is 0.353 e. The third kappa shape index (κ3) is 5.73. The highest BCUT2D eigenvalue weighted by Gasteiger charge is 2.30. The van der Waals surface area contributed by atoms with Crippen molar-refractivity contribution in [3.63, 3.8) is 0 Å². The van der Waals surface area contributed by atoms with E-state index >= 15 is 0 Å². The maximum Gasteiger partial charge on any atom is 0.416 e. The molecule has 1 aliphatic heterocycles. The van der Waals surface area contributed by atoms with Gasteiger partial charge in [-0.15, -0.1) is 24.0 Å². The van der Waals surface area contributed by atoms with E-state index in [1.165, 1.54) is 12.1 Å². The largest absolute Gasteiger partial charge is 0.416 e. The van der Waals surface area contributed by atoms with Gasteiger partial charge in [-0.05, 0) is 29.8 Å². The first-order chi connectivity index (χ1) is 13.0. The molecule has 3 rings (SSSR count). The summed E-state index contributed by atoms with van der Waals surface area (Å²) in [7, 11) is 1.71. The molecular formula is C19H23F3IN5. The first kappa shape index (κ1) is 22.3. The standard InChI is InChI=1S/C19H22F3N5.HI/c1-23-18(25-14-15-5-7-16(8-6-15)19(20,21)22)27-12-10-26(11-13-27)17-4-2-3-9-24-17;/h2-9H,10-14H2,1H3,(H,23,25);1H. The maximum atomic E-state index is 12.6. The molecule has 2 heterocycles. The molecule has 152 valence electrons. The Morgan fingerprint density at radius 1 is 1.07 bits per heavy atom. The number of pyridine rings is 1. The highest BCUT2D eigenvalue weighted by Crippen LogP contribution is 2.29. The van der Waals surface area contributed by atoms with Crippen LogP contribution in [-0.2, 0) is 12.7 Å². The van der Waals surface area contributed by atoms with Crippen molar-refractivity contribution in [2.75, 3.05) is 38.1 Å². The van der Waals surface area contributed by atoms with Crippen LogP contribution in [0, 0.1) is 0 Å². The van der Waals surface area contributed by atoms with E-state index < -0.39 is 11.7 Å². The molecule has 0 aliphatic carbocycles. The molecule has 1 aromatic heterocycles. The second-order valence-corrected chi connectivity index (χ2v) is 6.26. The molecule has 0 atom stereocenters. The fraction of sp³-hybridized carbons (Fsp3) is 0.368. The number of nitrogens with one attached hydrogen (secondary N) is 1. The van der Waals surface area contributed by atoms with Gasteiger partial charge in [-0.3, -0.25) is 4.99 Å². The van der Waals surface area contributed by atoms with Crippen molar-refractivity contribution < 1.29 is 13.2 Å². The minimum atomic E-state index is -4.31. The zero-order valence-electron chi connectivity index (χ0n) is 15.5. The van der Waals surface area contributed by atoms with Gasteiger partial charge in [0.15, 0.2) is 5.96 Å². The lowest BCUT2D eigenvalue weighted by atomic mass is 10.1. The fourth-order valence-corrected chi connectivity index (χ4v) is 3.01. The molecule has 0 unspecified atom stereocenters. The van der Waals surface area contributed by atoms with Crippen molar-refractivity contribution in [1.29, 1.82) is 0 Å². The summed E-state index contributed by atoms with van der Waals surface area (Å²) in [5.74, 6) is 1.71. The molecule has 1 aliphatic rings. The molecule has 28 heavy (non-hydrogen) atoms. The van der Waals surface area contributed by atoms with E-state index in [2.05, 4.69) is 25.1 Å². The van der Waals surface area contributed by atoms with Gasteiger partial charge in [0.2, 0.25) is 0 Å². The normalized spacial score (nSPS) is 15.2. The van der Waals surface area contributed by atoms with E-state index in [9.17, 15) is 13.2 Å². The molecule has 9 heteroatoms. The highest BCUT2D eigenvalue weighted by atomic mass is 127. The Hall–Kier alpha value is -2.04. The summed E-state index contributed by atoms with van der Waals surface area (Å²) in [5.41, 5.74) is 0.137. The zero-order valence-corrected chi connectivity index (χ0v) is 17.8. The van der Waals surface area contributed by atoms with Crippen LogP contribution >= 0.6 is 24.0 Å². The Bertz CT molecular complexity index is 757. The first-order valence-corrected chi connectivity index (χ1v) is 8.75. The quantitative estimate of drug-likeness (QED) is 0.394. The van der Waals surface area contributed by atoms with Crippen molar-refractivity contribution >= 4 is 35.8 Å². The van der Waals surface area contributed by atoms with Crippen LogP contribution in [0.15, 0.2) is 53.7 Å². The Balaban J connectivity index is 0.00000280. The molecule has 1 fully saturated rings. The predicted octanol–water partition coefficient (Wildman–Crippen LogP) is 3.62. The number of anilines is 1. The van der Waals surface area contributed by atoms with Gasteiger partial charge in [-0.2, -0.15) is 13.2 Å². The van der Waals surface area contributed by atoms with Crippen molar-refractivity contribution in [3.8, 4) is 0 Å². The van der Waals surface area contributed by atoms with Crippen LogP contribution in [-0.4, -0.2) is 49.1 Å². The van der Waals surface area contributed by atoms with Gasteiger partial charge in [0.05, 0.1) is 5.56 Å². The molecule has 1 aromatic carbocycles. The predicted molar refractivity (Wildman–Crippen MR) is 115 cm³/mol. The molecule has 2 aromatic rings. The van der Waals surface area contributed by atoms with E-state index in [-0.39, 0.29) is 24.0 Å². The van der Waals surface area contributed by atoms with Crippen LogP contribution in [0.2, 0.25) is 0 Å². The van der Waals surface area contributed by atoms with Gasteiger partial charge in [0.25, 0.3) is 0 Å². The third-order valence-electron chi connectivity index (χ3n) is 4.50. The van der Waals surface area contributed by atoms with Crippen LogP contribution in [0.25, 0.3) is 0 Å². The minimum Gasteiger partial charge on any atom is -0.353 e. The Morgan fingerprint density at radius 3 is 2.29 bits per heavy atom. The van der Waals surface area contributed by atoms with Crippen molar-refractivity contribution in [1.82, 2.24) is 15.2 Å². The van der Waals surface area contributed by atoms with E-state index in [1.807, 2.05) is 18.2 Å². The molecular weight excluding hydrogens is 482 g/mol. The molecule has 0 amide bonds. The molecule has 0 spiro atoms. The number of nitrogens with zero attached hydrogens (tertiary/aromatic N) is 4. The lowest BCUT2D eigenvalue weighted by molar-refractivity contribution is -0.137. The number of hydrogen-bond donors (Lipinski definition) is 1. The molecule has 1 N–H and O–H groups in total. The summed E-state index contributed by atoms with van der Waals surface area (Å²) in [6, 6.07) is 11.0. The van der Waals surface area contributed by atoms with Gasteiger partial charge >= 0.3 is 6.18 Å². The summed E-state index contributed by atoms with van der Waals surface area (Å²) < 4.78 is 37.9. The topological polar surface area (TPSA) is 43.8 Å². The SMILES string of the molecule is CN=C(NCc1ccc(C(F)(F)F)cc1)N1CCN(c2ccccn2)CC1.I. The maximum absolute atomic E-state index is 12.6. The number of aromatic nitrogens is 1. The lowest BCUT2D eigenvalue weighted by Crippen LogP contribution is -2.52.